The fraction of sp³-hybridized carbons (Fsp3) is 0.471. The van der Waals surface area contributed by atoms with Crippen molar-refractivity contribution in [3.8, 4) is 0 Å². The highest BCUT2D eigenvalue weighted by atomic mass is 16.6. The van der Waals surface area contributed by atoms with Crippen molar-refractivity contribution in [2.45, 2.75) is 19.8 Å². The van der Waals surface area contributed by atoms with Crippen LogP contribution in [0.2, 0.25) is 0 Å². The lowest BCUT2D eigenvalue weighted by Crippen LogP contribution is -2.43. The summed E-state index contributed by atoms with van der Waals surface area (Å²) in [6.07, 6.45) is 1.32. The molecule has 3 rings (SSSR count). The van der Waals surface area contributed by atoms with E-state index in [1.54, 1.807) is 24.3 Å². The number of hydroxylamine groups is 1. The van der Waals surface area contributed by atoms with Crippen LogP contribution < -0.4 is 10.4 Å². The fourth-order valence-electron chi connectivity index (χ4n) is 3.84. The van der Waals surface area contributed by atoms with E-state index in [9.17, 15) is 14.4 Å². The average Bonchev–Trinajstić information content (AvgIpc) is 2.81. The minimum Gasteiger partial charge on any atom is -0.277 e. The minimum atomic E-state index is -0.610. The van der Waals surface area contributed by atoms with Gasteiger partial charge < -0.3 is 0 Å². The first-order valence-corrected chi connectivity index (χ1v) is 7.82. The summed E-state index contributed by atoms with van der Waals surface area (Å²) in [7, 11) is 1.36. The molecule has 23 heavy (non-hydrogen) atoms. The number of hydrogen-bond donors (Lipinski definition) is 1. The Bertz CT molecular complexity index is 631. The molecular weight excluding hydrogens is 296 g/mol. The number of benzene rings is 1. The number of fused-ring (bicyclic) bond motifs is 1. The molecule has 1 saturated carbocycles. The van der Waals surface area contributed by atoms with Gasteiger partial charge in [0.15, 0.2) is 0 Å². The molecule has 0 spiro atoms. The number of hydrogen-bond acceptors (Lipinski definition) is 4. The van der Waals surface area contributed by atoms with Gasteiger partial charge in [0.25, 0.3) is 0 Å². The van der Waals surface area contributed by atoms with Crippen molar-refractivity contribution in [3.63, 3.8) is 0 Å². The molecule has 1 aliphatic heterocycles. The lowest BCUT2D eigenvalue weighted by atomic mass is 9.68. The van der Waals surface area contributed by atoms with Crippen LogP contribution in [-0.2, 0) is 19.2 Å². The maximum atomic E-state index is 12.9. The van der Waals surface area contributed by atoms with E-state index in [2.05, 4.69) is 5.48 Å². The second kappa shape index (κ2) is 6.12. The summed E-state index contributed by atoms with van der Waals surface area (Å²) in [6.45, 7) is 1.97. The number of carbonyl (C=O) groups is 3. The first-order valence-electron chi connectivity index (χ1n) is 7.82. The van der Waals surface area contributed by atoms with Gasteiger partial charge in [0.2, 0.25) is 17.7 Å². The van der Waals surface area contributed by atoms with Crippen LogP contribution in [0, 0.1) is 23.7 Å². The summed E-state index contributed by atoms with van der Waals surface area (Å²) in [5.74, 6) is -2.31. The van der Waals surface area contributed by atoms with Gasteiger partial charge in [-0.2, -0.15) is 0 Å². The molecule has 4 atom stereocenters. The molecule has 1 aliphatic carbocycles. The topological polar surface area (TPSA) is 75.7 Å². The molecule has 1 saturated heterocycles. The molecule has 6 heteroatoms. The zero-order valence-electron chi connectivity index (χ0n) is 13.2. The molecule has 0 bridgehead atoms. The molecule has 2 aliphatic rings. The van der Waals surface area contributed by atoms with E-state index in [-0.39, 0.29) is 23.6 Å². The highest BCUT2D eigenvalue weighted by Gasteiger charge is 2.56. The Morgan fingerprint density at radius 3 is 2.43 bits per heavy atom. The number of carbonyl (C=O) groups excluding carboxylic acids is 3. The van der Waals surface area contributed by atoms with Crippen molar-refractivity contribution in [2.75, 3.05) is 12.0 Å². The van der Waals surface area contributed by atoms with Gasteiger partial charge in [0.1, 0.15) is 0 Å². The van der Waals surface area contributed by atoms with E-state index >= 15 is 0 Å². The van der Waals surface area contributed by atoms with Gasteiger partial charge in [-0.05, 0) is 30.9 Å². The number of rotatable bonds is 3. The number of anilines is 1. The van der Waals surface area contributed by atoms with Crippen molar-refractivity contribution < 1.29 is 19.2 Å². The number of nitrogens with one attached hydrogen (secondary N) is 1. The predicted octanol–water partition coefficient (Wildman–Crippen LogP) is 1.52. The normalized spacial score (nSPS) is 30.3. The fourth-order valence-corrected chi connectivity index (χ4v) is 3.84. The number of para-hydroxylation sites is 1. The Hall–Kier alpha value is -2.21. The lowest BCUT2D eigenvalue weighted by molar-refractivity contribution is -0.144. The molecule has 122 valence electrons. The molecule has 3 amide bonds. The summed E-state index contributed by atoms with van der Waals surface area (Å²) in [5.41, 5.74) is 2.88. The highest BCUT2D eigenvalue weighted by Crippen LogP contribution is 2.46. The van der Waals surface area contributed by atoms with Gasteiger partial charge >= 0.3 is 0 Å². The molecule has 1 N–H and O–H groups in total. The summed E-state index contributed by atoms with van der Waals surface area (Å²) >= 11 is 0. The van der Waals surface area contributed by atoms with Crippen molar-refractivity contribution in [3.05, 3.63) is 30.3 Å². The number of nitrogens with zero attached hydrogens (tertiary/aromatic N) is 1. The smallest absolute Gasteiger partial charge is 0.247 e. The van der Waals surface area contributed by atoms with E-state index in [0.717, 1.165) is 6.42 Å². The van der Waals surface area contributed by atoms with Crippen molar-refractivity contribution >= 4 is 23.4 Å². The SMILES string of the molecule is CONC(=O)C1CCC(C)C2C(=O)N(c3ccccc3)C(=O)C12. The van der Waals surface area contributed by atoms with E-state index in [4.69, 9.17) is 4.84 Å². The Morgan fingerprint density at radius 1 is 1.13 bits per heavy atom. The zero-order valence-corrected chi connectivity index (χ0v) is 13.2. The van der Waals surface area contributed by atoms with Crippen molar-refractivity contribution in [2.24, 2.45) is 23.7 Å². The Kier molecular flexibility index (Phi) is 4.17. The van der Waals surface area contributed by atoms with E-state index < -0.39 is 17.8 Å². The van der Waals surface area contributed by atoms with Crippen LogP contribution in [0.5, 0.6) is 0 Å². The molecule has 6 nitrogen and oxygen atoms in total. The van der Waals surface area contributed by atoms with Crippen LogP contribution in [0.25, 0.3) is 0 Å². The van der Waals surface area contributed by atoms with Gasteiger partial charge in [-0.1, -0.05) is 25.1 Å². The average molecular weight is 316 g/mol. The summed E-state index contributed by atoms with van der Waals surface area (Å²) < 4.78 is 0. The predicted molar refractivity (Wildman–Crippen MR) is 83.0 cm³/mol. The largest absolute Gasteiger partial charge is 0.277 e. The van der Waals surface area contributed by atoms with Gasteiger partial charge in [0, 0.05) is 0 Å². The first kappa shape index (κ1) is 15.7. The van der Waals surface area contributed by atoms with Gasteiger partial charge in [0.05, 0.1) is 30.6 Å². The highest BCUT2D eigenvalue weighted by molar-refractivity contribution is 6.23. The summed E-state index contributed by atoms with van der Waals surface area (Å²) in [4.78, 5) is 43.9. The molecule has 1 aromatic rings. The van der Waals surface area contributed by atoms with Crippen molar-refractivity contribution in [1.29, 1.82) is 0 Å². The number of imide groups is 1. The van der Waals surface area contributed by atoms with Gasteiger partial charge in [-0.25, -0.2) is 5.48 Å². The first-order chi connectivity index (χ1) is 11.1. The minimum absolute atomic E-state index is 0.0803. The van der Waals surface area contributed by atoms with Crippen molar-refractivity contribution in [1.82, 2.24) is 5.48 Å². The van der Waals surface area contributed by atoms with E-state index in [0.29, 0.717) is 12.1 Å². The quantitative estimate of drug-likeness (QED) is 0.677. The van der Waals surface area contributed by atoms with E-state index in [1.165, 1.54) is 12.0 Å². The lowest BCUT2D eigenvalue weighted by Gasteiger charge is -2.33. The van der Waals surface area contributed by atoms with Crippen LogP contribution in [0.15, 0.2) is 30.3 Å². The van der Waals surface area contributed by atoms with Gasteiger partial charge in [-0.3, -0.25) is 24.1 Å². The molecule has 0 aromatic heterocycles. The third kappa shape index (κ3) is 2.53. The van der Waals surface area contributed by atoms with Crippen LogP contribution in [0.4, 0.5) is 5.69 Å². The van der Waals surface area contributed by atoms with Crippen LogP contribution >= 0.6 is 0 Å². The van der Waals surface area contributed by atoms with E-state index in [1.807, 2.05) is 13.0 Å². The third-order valence-electron chi connectivity index (χ3n) is 4.93. The molecule has 0 radical (unpaired) electrons. The van der Waals surface area contributed by atoms with Crippen LogP contribution in [0.3, 0.4) is 0 Å². The zero-order chi connectivity index (χ0) is 16.6. The Balaban J connectivity index is 1.96. The maximum absolute atomic E-state index is 12.9. The Morgan fingerprint density at radius 2 is 1.78 bits per heavy atom. The van der Waals surface area contributed by atoms with Gasteiger partial charge in [-0.15, -0.1) is 0 Å². The second-order valence-electron chi connectivity index (χ2n) is 6.23. The molecule has 4 unspecified atom stereocenters. The molecule has 1 aromatic carbocycles. The van der Waals surface area contributed by atoms with Crippen LogP contribution in [0.1, 0.15) is 19.8 Å². The van der Waals surface area contributed by atoms with Crippen LogP contribution in [-0.4, -0.2) is 24.8 Å². The summed E-state index contributed by atoms with van der Waals surface area (Å²) in [6, 6.07) is 8.88. The number of amides is 3. The third-order valence-corrected chi connectivity index (χ3v) is 4.93. The summed E-state index contributed by atoms with van der Waals surface area (Å²) in [5, 5.41) is 0. The molecular formula is C17H20N2O4. The molecule has 1 heterocycles. The second-order valence-corrected chi connectivity index (χ2v) is 6.23. The molecule has 2 fully saturated rings. The maximum Gasteiger partial charge on any atom is 0.247 e. The monoisotopic (exact) mass is 316 g/mol. The Labute approximate surface area is 134 Å². The standard InChI is InChI=1S/C17H20N2O4/c1-10-8-9-12(15(20)18-23-2)14-13(10)16(21)19(17(14)22)11-6-4-3-5-7-11/h3-7,10,12-14H,8-9H2,1-2H3,(H,18,20).